The summed E-state index contributed by atoms with van der Waals surface area (Å²) in [5.74, 6) is -1.30. The van der Waals surface area contributed by atoms with Crippen LogP contribution in [0.3, 0.4) is 0 Å². The van der Waals surface area contributed by atoms with Gasteiger partial charge in [-0.15, -0.1) is 0 Å². The number of hydrogen-bond donors (Lipinski definition) is 2. The predicted octanol–water partition coefficient (Wildman–Crippen LogP) is 2.38. The van der Waals surface area contributed by atoms with Crippen molar-refractivity contribution < 1.29 is 9.59 Å². The van der Waals surface area contributed by atoms with Crippen molar-refractivity contribution in [1.82, 2.24) is 15.1 Å². The number of nitrogens with one attached hydrogen (secondary N) is 2. The van der Waals surface area contributed by atoms with Crippen molar-refractivity contribution in [2.75, 3.05) is 11.9 Å². The van der Waals surface area contributed by atoms with E-state index in [1.165, 1.54) is 0 Å². The lowest BCUT2D eigenvalue weighted by Gasteiger charge is -2.07. The minimum absolute atomic E-state index is 0.395. The molecule has 0 radical (unpaired) electrons. The maximum atomic E-state index is 11.9. The van der Waals surface area contributed by atoms with Crippen LogP contribution >= 0.6 is 0 Å². The third kappa shape index (κ3) is 4.36. The van der Waals surface area contributed by atoms with E-state index in [0.717, 1.165) is 16.8 Å². The Bertz CT molecular complexity index is 886. The van der Waals surface area contributed by atoms with Gasteiger partial charge in [0.2, 0.25) is 0 Å². The molecule has 2 amide bonds. The van der Waals surface area contributed by atoms with E-state index in [2.05, 4.69) is 15.7 Å². The summed E-state index contributed by atoms with van der Waals surface area (Å²) in [6.45, 7) is 0.395. The van der Waals surface area contributed by atoms with E-state index < -0.39 is 11.8 Å². The first-order valence-electron chi connectivity index (χ1n) is 8.35. The molecule has 2 N–H and O–H groups in total. The largest absolute Gasteiger partial charge is 0.347 e. The maximum Gasteiger partial charge on any atom is 0.313 e. The Labute approximate surface area is 151 Å². The zero-order valence-electron chi connectivity index (χ0n) is 14.5. The number of benzene rings is 2. The summed E-state index contributed by atoms with van der Waals surface area (Å²) in [5.41, 5.74) is 3.81. The molecule has 6 nitrogen and oxygen atoms in total. The first-order valence-corrected chi connectivity index (χ1v) is 8.35. The van der Waals surface area contributed by atoms with Crippen LogP contribution in [-0.2, 0) is 23.1 Å². The van der Waals surface area contributed by atoms with Crippen molar-refractivity contribution in [1.29, 1.82) is 0 Å². The number of anilines is 1. The van der Waals surface area contributed by atoms with E-state index in [1.54, 1.807) is 30.5 Å². The van der Waals surface area contributed by atoms with Gasteiger partial charge in [0.1, 0.15) is 0 Å². The Balaban J connectivity index is 1.48. The summed E-state index contributed by atoms with van der Waals surface area (Å²) in [6.07, 6.45) is 2.41. The highest BCUT2D eigenvalue weighted by Crippen LogP contribution is 2.18. The number of carbonyl (C=O) groups is 2. The molecular formula is C20H20N4O2. The lowest BCUT2D eigenvalue weighted by molar-refractivity contribution is -0.136. The van der Waals surface area contributed by atoms with Crippen molar-refractivity contribution in [2.45, 2.75) is 6.42 Å². The molecule has 1 heterocycles. The molecule has 0 bridgehead atoms. The standard InChI is InChI=1S/C20H20N4O2/c1-24-18(12-14-22-24)16-9-7-15(8-10-16)11-13-21-19(25)20(26)23-17-5-3-2-4-6-17/h2-10,12,14H,11,13H2,1H3,(H,21,25)(H,23,26). The van der Waals surface area contributed by atoms with Gasteiger partial charge in [-0.1, -0.05) is 42.5 Å². The van der Waals surface area contributed by atoms with Crippen molar-refractivity contribution in [2.24, 2.45) is 7.05 Å². The topological polar surface area (TPSA) is 76.0 Å². The van der Waals surface area contributed by atoms with Gasteiger partial charge in [0.25, 0.3) is 0 Å². The van der Waals surface area contributed by atoms with Crippen molar-refractivity contribution in [3.8, 4) is 11.3 Å². The van der Waals surface area contributed by atoms with Gasteiger partial charge in [0, 0.05) is 25.5 Å². The zero-order chi connectivity index (χ0) is 18.4. The highest BCUT2D eigenvalue weighted by molar-refractivity contribution is 6.39. The summed E-state index contributed by atoms with van der Waals surface area (Å²) in [5, 5.41) is 9.36. The van der Waals surface area contributed by atoms with Gasteiger partial charge < -0.3 is 10.6 Å². The molecule has 132 valence electrons. The molecule has 0 spiro atoms. The monoisotopic (exact) mass is 348 g/mol. The molecule has 1 aromatic heterocycles. The first kappa shape index (κ1) is 17.4. The van der Waals surface area contributed by atoms with Crippen LogP contribution in [-0.4, -0.2) is 28.1 Å². The Hall–Kier alpha value is -3.41. The van der Waals surface area contributed by atoms with Gasteiger partial charge in [-0.05, 0) is 35.7 Å². The average Bonchev–Trinajstić information content (AvgIpc) is 3.09. The summed E-state index contributed by atoms with van der Waals surface area (Å²) < 4.78 is 1.82. The predicted molar refractivity (Wildman–Crippen MR) is 100 cm³/mol. The Kier molecular flexibility index (Phi) is 5.43. The average molecular weight is 348 g/mol. The molecule has 0 atom stereocenters. The number of amides is 2. The fourth-order valence-corrected chi connectivity index (χ4v) is 2.61. The number of rotatable bonds is 5. The molecule has 26 heavy (non-hydrogen) atoms. The van der Waals surface area contributed by atoms with Gasteiger partial charge in [0.15, 0.2) is 0 Å². The second-order valence-corrected chi connectivity index (χ2v) is 5.86. The van der Waals surface area contributed by atoms with Crippen molar-refractivity contribution >= 4 is 17.5 Å². The normalized spacial score (nSPS) is 10.3. The fraction of sp³-hybridized carbons (Fsp3) is 0.150. The Morgan fingerprint density at radius 3 is 2.35 bits per heavy atom. The molecule has 3 aromatic rings. The van der Waals surface area contributed by atoms with Crippen LogP contribution < -0.4 is 10.6 Å². The van der Waals surface area contributed by atoms with Gasteiger partial charge in [-0.3, -0.25) is 14.3 Å². The van der Waals surface area contributed by atoms with Gasteiger partial charge in [0.05, 0.1) is 5.69 Å². The molecule has 2 aromatic carbocycles. The Morgan fingerprint density at radius 2 is 1.69 bits per heavy atom. The number of hydrogen-bond acceptors (Lipinski definition) is 3. The van der Waals surface area contributed by atoms with E-state index in [0.29, 0.717) is 18.7 Å². The molecular weight excluding hydrogens is 328 g/mol. The second kappa shape index (κ2) is 8.11. The molecule has 3 rings (SSSR count). The second-order valence-electron chi connectivity index (χ2n) is 5.86. The van der Waals surface area contributed by atoms with E-state index in [9.17, 15) is 9.59 Å². The van der Waals surface area contributed by atoms with Crippen LogP contribution in [0.25, 0.3) is 11.3 Å². The smallest absolute Gasteiger partial charge is 0.313 e. The van der Waals surface area contributed by atoms with Crippen LogP contribution in [0.4, 0.5) is 5.69 Å². The minimum atomic E-state index is -0.664. The van der Waals surface area contributed by atoms with E-state index in [1.807, 2.05) is 48.1 Å². The number of nitrogens with zero attached hydrogens (tertiary/aromatic N) is 2. The van der Waals surface area contributed by atoms with Crippen molar-refractivity contribution in [3.63, 3.8) is 0 Å². The minimum Gasteiger partial charge on any atom is -0.347 e. The van der Waals surface area contributed by atoms with Crippen LogP contribution in [0.2, 0.25) is 0 Å². The SMILES string of the molecule is Cn1nccc1-c1ccc(CCNC(=O)C(=O)Nc2ccccc2)cc1. The van der Waals surface area contributed by atoms with Gasteiger partial charge in [-0.25, -0.2) is 0 Å². The first-order chi connectivity index (χ1) is 12.6. The van der Waals surface area contributed by atoms with E-state index >= 15 is 0 Å². The number of para-hydroxylation sites is 1. The summed E-state index contributed by atoms with van der Waals surface area (Å²) in [4.78, 5) is 23.7. The molecule has 0 aliphatic rings. The van der Waals surface area contributed by atoms with Gasteiger partial charge >= 0.3 is 11.8 Å². The van der Waals surface area contributed by atoms with E-state index in [-0.39, 0.29) is 0 Å². The van der Waals surface area contributed by atoms with Crippen molar-refractivity contribution in [3.05, 3.63) is 72.4 Å². The molecule has 0 aliphatic heterocycles. The van der Waals surface area contributed by atoms with Crippen LogP contribution in [0.15, 0.2) is 66.9 Å². The zero-order valence-corrected chi connectivity index (χ0v) is 14.5. The van der Waals surface area contributed by atoms with Gasteiger partial charge in [-0.2, -0.15) is 5.10 Å². The van der Waals surface area contributed by atoms with E-state index in [4.69, 9.17) is 0 Å². The number of aromatic nitrogens is 2. The highest BCUT2D eigenvalue weighted by atomic mass is 16.2. The third-order valence-electron chi connectivity index (χ3n) is 4.01. The number of carbonyl (C=O) groups excluding carboxylic acids is 2. The third-order valence-corrected chi connectivity index (χ3v) is 4.01. The fourth-order valence-electron chi connectivity index (χ4n) is 2.61. The molecule has 0 aliphatic carbocycles. The molecule has 6 heteroatoms. The summed E-state index contributed by atoms with van der Waals surface area (Å²) in [6, 6.07) is 18.9. The molecule has 0 fully saturated rings. The highest BCUT2D eigenvalue weighted by Gasteiger charge is 2.12. The summed E-state index contributed by atoms with van der Waals surface area (Å²) >= 11 is 0. The molecule has 0 saturated heterocycles. The summed E-state index contributed by atoms with van der Waals surface area (Å²) in [7, 11) is 1.90. The van der Waals surface area contributed by atoms with Crippen LogP contribution in [0.5, 0.6) is 0 Å². The molecule has 0 saturated carbocycles. The van der Waals surface area contributed by atoms with Crippen LogP contribution in [0.1, 0.15) is 5.56 Å². The lowest BCUT2D eigenvalue weighted by atomic mass is 10.1. The maximum absolute atomic E-state index is 11.9. The number of aryl methyl sites for hydroxylation is 1. The quantitative estimate of drug-likeness (QED) is 0.695. The lowest BCUT2D eigenvalue weighted by Crippen LogP contribution is -2.36. The Morgan fingerprint density at radius 1 is 0.962 bits per heavy atom. The molecule has 0 unspecified atom stereocenters. The van der Waals surface area contributed by atoms with Crippen LogP contribution in [0, 0.1) is 0 Å².